The number of ether oxygens (including phenoxy) is 1. The van der Waals surface area contributed by atoms with Gasteiger partial charge in [0.05, 0.1) is 17.0 Å². The van der Waals surface area contributed by atoms with Crippen LogP contribution in [-0.4, -0.2) is 11.6 Å². The van der Waals surface area contributed by atoms with Crippen molar-refractivity contribution in [3.05, 3.63) is 100 Å². The van der Waals surface area contributed by atoms with Gasteiger partial charge in [0.1, 0.15) is 18.2 Å². The summed E-state index contributed by atoms with van der Waals surface area (Å²) in [5.74, 6) is 0.385. The van der Waals surface area contributed by atoms with Gasteiger partial charge in [-0.05, 0) is 85.5 Å². The second-order valence-corrected chi connectivity index (χ2v) is 7.59. The molecule has 0 radical (unpaired) electrons. The molecule has 5 heteroatoms. The molecular weight excluding hydrogens is 391 g/mol. The molecule has 3 aromatic rings. The quantitative estimate of drug-likeness (QED) is 0.493. The van der Waals surface area contributed by atoms with Crippen LogP contribution in [-0.2, 0) is 11.4 Å². The van der Waals surface area contributed by atoms with Crippen molar-refractivity contribution in [2.45, 2.75) is 27.4 Å². The zero-order valence-corrected chi connectivity index (χ0v) is 17.7. The van der Waals surface area contributed by atoms with Gasteiger partial charge in [-0.1, -0.05) is 30.3 Å². The average molecular weight is 414 g/mol. The van der Waals surface area contributed by atoms with Crippen LogP contribution in [0.5, 0.6) is 5.75 Å². The number of aryl methyl sites for hydroxylation is 2. The molecule has 1 heterocycles. The van der Waals surface area contributed by atoms with Gasteiger partial charge in [0.15, 0.2) is 0 Å². The molecule has 1 aliphatic heterocycles. The molecule has 4 rings (SSSR count). The lowest BCUT2D eigenvalue weighted by Crippen LogP contribution is -2.21. The molecule has 3 aromatic carbocycles. The molecule has 0 unspecified atom stereocenters. The van der Waals surface area contributed by atoms with Crippen LogP contribution in [0.15, 0.2) is 77.4 Å². The monoisotopic (exact) mass is 414 g/mol. The number of halogens is 1. The number of nitrogens with zero attached hydrogens (tertiary/aromatic N) is 2. The average Bonchev–Trinajstić information content (AvgIpc) is 3.03. The van der Waals surface area contributed by atoms with Gasteiger partial charge >= 0.3 is 0 Å². The van der Waals surface area contributed by atoms with Gasteiger partial charge in [0.2, 0.25) is 0 Å². The summed E-state index contributed by atoms with van der Waals surface area (Å²) in [6.07, 6.45) is 1.87. The predicted molar refractivity (Wildman–Crippen MR) is 122 cm³/mol. The fraction of sp³-hybridized carbons (Fsp3) is 0.154. The summed E-state index contributed by atoms with van der Waals surface area (Å²) < 4.78 is 19.1. The van der Waals surface area contributed by atoms with Crippen LogP contribution in [0, 0.1) is 19.7 Å². The third-order valence-electron chi connectivity index (χ3n) is 5.15. The number of hydrogen-bond donors (Lipinski definition) is 0. The number of carbonyl (C=O) groups excluding carboxylic acids is 1. The second-order valence-electron chi connectivity index (χ2n) is 7.59. The lowest BCUT2D eigenvalue weighted by Gasteiger charge is -2.14. The van der Waals surface area contributed by atoms with Crippen molar-refractivity contribution in [1.82, 2.24) is 0 Å². The summed E-state index contributed by atoms with van der Waals surface area (Å²) in [6.45, 7) is 6.15. The van der Waals surface area contributed by atoms with Crippen LogP contribution < -0.4 is 9.75 Å². The van der Waals surface area contributed by atoms with Crippen LogP contribution in [0.2, 0.25) is 0 Å². The van der Waals surface area contributed by atoms with E-state index in [2.05, 4.69) is 5.10 Å². The molecule has 156 valence electrons. The molecule has 0 bridgehead atoms. The van der Waals surface area contributed by atoms with E-state index in [1.165, 1.54) is 17.1 Å². The maximum Gasteiger partial charge on any atom is 0.280 e. The zero-order valence-electron chi connectivity index (χ0n) is 17.7. The fourth-order valence-electron chi connectivity index (χ4n) is 3.63. The Labute approximate surface area is 181 Å². The van der Waals surface area contributed by atoms with Crippen LogP contribution in [0.25, 0.3) is 6.08 Å². The van der Waals surface area contributed by atoms with E-state index in [0.717, 1.165) is 33.7 Å². The smallest absolute Gasteiger partial charge is 0.280 e. The Balaban J connectivity index is 1.55. The molecule has 1 amide bonds. The Morgan fingerprint density at radius 3 is 2.26 bits per heavy atom. The van der Waals surface area contributed by atoms with Crippen molar-refractivity contribution in [1.29, 1.82) is 0 Å². The number of hydrogen-bond acceptors (Lipinski definition) is 3. The van der Waals surface area contributed by atoms with Gasteiger partial charge in [0.25, 0.3) is 5.91 Å². The minimum atomic E-state index is -0.264. The minimum absolute atomic E-state index is 0.143. The van der Waals surface area contributed by atoms with E-state index < -0.39 is 0 Å². The predicted octanol–water partition coefficient (Wildman–Crippen LogP) is 5.83. The maximum absolute atomic E-state index is 13.1. The number of rotatable bonds is 5. The van der Waals surface area contributed by atoms with Gasteiger partial charge < -0.3 is 4.74 Å². The van der Waals surface area contributed by atoms with E-state index in [-0.39, 0.29) is 11.7 Å². The highest BCUT2D eigenvalue weighted by Gasteiger charge is 2.28. The molecule has 31 heavy (non-hydrogen) atoms. The third kappa shape index (κ3) is 4.40. The lowest BCUT2D eigenvalue weighted by molar-refractivity contribution is -0.114. The number of hydrazone groups is 1. The largest absolute Gasteiger partial charge is 0.488 e. The molecule has 0 N–H and O–H groups in total. The molecule has 0 spiro atoms. The Hall–Kier alpha value is -3.73. The Kier molecular flexibility index (Phi) is 5.67. The van der Waals surface area contributed by atoms with Gasteiger partial charge in [-0.2, -0.15) is 10.1 Å². The summed E-state index contributed by atoms with van der Waals surface area (Å²) in [7, 11) is 0. The van der Waals surface area contributed by atoms with Crippen LogP contribution in [0.1, 0.15) is 29.2 Å². The van der Waals surface area contributed by atoms with E-state index >= 15 is 0 Å². The van der Waals surface area contributed by atoms with Gasteiger partial charge in [-0.3, -0.25) is 4.79 Å². The van der Waals surface area contributed by atoms with Gasteiger partial charge in [0, 0.05) is 0 Å². The van der Waals surface area contributed by atoms with E-state index in [1.54, 1.807) is 12.1 Å². The second kappa shape index (κ2) is 8.56. The normalized spacial score (nSPS) is 14.8. The molecule has 0 aromatic heterocycles. The van der Waals surface area contributed by atoms with E-state index in [9.17, 15) is 9.18 Å². The number of benzene rings is 3. The van der Waals surface area contributed by atoms with Gasteiger partial charge in [-0.15, -0.1) is 0 Å². The maximum atomic E-state index is 13.1. The molecule has 0 saturated carbocycles. The molecule has 1 aliphatic rings. The highest BCUT2D eigenvalue weighted by molar-refractivity contribution is 6.32. The summed E-state index contributed by atoms with van der Waals surface area (Å²) in [5, 5.41) is 5.86. The van der Waals surface area contributed by atoms with Gasteiger partial charge in [-0.25, -0.2) is 4.39 Å². The number of carbonyl (C=O) groups is 1. The molecule has 4 nitrogen and oxygen atoms in total. The highest BCUT2D eigenvalue weighted by atomic mass is 19.1. The van der Waals surface area contributed by atoms with Crippen molar-refractivity contribution < 1.29 is 13.9 Å². The van der Waals surface area contributed by atoms with Crippen molar-refractivity contribution in [2.75, 3.05) is 5.01 Å². The fourth-order valence-corrected chi connectivity index (χ4v) is 3.63. The van der Waals surface area contributed by atoms with Crippen molar-refractivity contribution in [3.63, 3.8) is 0 Å². The van der Waals surface area contributed by atoms with E-state index in [1.807, 2.05) is 69.3 Å². The number of amides is 1. The summed E-state index contributed by atoms with van der Waals surface area (Å²) in [5.41, 5.74) is 5.74. The molecule has 0 aliphatic carbocycles. The zero-order chi connectivity index (χ0) is 22.0. The van der Waals surface area contributed by atoms with Crippen LogP contribution in [0.3, 0.4) is 0 Å². The molecule has 0 fully saturated rings. The van der Waals surface area contributed by atoms with Crippen LogP contribution >= 0.6 is 0 Å². The Morgan fingerprint density at radius 2 is 1.61 bits per heavy atom. The lowest BCUT2D eigenvalue weighted by atomic mass is 10.0. The first-order valence-corrected chi connectivity index (χ1v) is 10.1. The molecular formula is C26H23FN2O2. The first-order chi connectivity index (χ1) is 14.9. The Bertz CT molecular complexity index is 1160. The highest BCUT2D eigenvalue weighted by Crippen LogP contribution is 2.29. The van der Waals surface area contributed by atoms with Crippen molar-refractivity contribution in [3.8, 4) is 5.75 Å². The first-order valence-electron chi connectivity index (χ1n) is 10.1. The van der Waals surface area contributed by atoms with E-state index in [4.69, 9.17) is 4.74 Å². The molecule has 0 atom stereocenters. The Morgan fingerprint density at radius 1 is 0.968 bits per heavy atom. The SMILES string of the molecule is CC1=NN(c2ccccc2)C(=O)/C1=C/c1cc(C)c(OCc2ccc(F)cc2)c(C)c1. The summed E-state index contributed by atoms with van der Waals surface area (Å²) >= 11 is 0. The minimum Gasteiger partial charge on any atom is -0.488 e. The summed E-state index contributed by atoms with van der Waals surface area (Å²) in [4.78, 5) is 12.9. The number of anilines is 1. The van der Waals surface area contributed by atoms with Crippen LogP contribution in [0.4, 0.5) is 10.1 Å². The topological polar surface area (TPSA) is 41.9 Å². The first kappa shape index (κ1) is 20.5. The summed E-state index contributed by atoms with van der Waals surface area (Å²) in [6, 6.07) is 19.7. The third-order valence-corrected chi connectivity index (χ3v) is 5.15. The molecule has 0 saturated heterocycles. The van der Waals surface area contributed by atoms with Crippen molar-refractivity contribution in [2.24, 2.45) is 5.10 Å². The van der Waals surface area contributed by atoms with E-state index in [0.29, 0.717) is 17.9 Å². The van der Waals surface area contributed by atoms with Crippen molar-refractivity contribution >= 4 is 23.4 Å². The standard InChI is InChI=1S/C26H23FN2O2/c1-17-13-21(14-18(2)25(17)31-16-20-9-11-22(27)12-10-20)15-24-19(3)28-29(26(24)30)23-7-5-4-6-8-23/h4-15H,16H2,1-3H3/b24-15+. The number of para-hydroxylation sites is 1.